The Labute approximate surface area is 112 Å². The van der Waals surface area contributed by atoms with Gasteiger partial charge in [-0.3, -0.25) is 0 Å². The molecule has 2 N–H and O–H groups in total. The van der Waals surface area contributed by atoms with Crippen LogP contribution in [0.5, 0.6) is 0 Å². The molecule has 0 aliphatic heterocycles. The van der Waals surface area contributed by atoms with Crippen LogP contribution in [0.4, 0.5) is 5.69 Å². The first-order valence-corrected chi connectivity index (χ1v) is 7.18. The topological polar surface area (TPSA) is 29.3 Å². The van der Waals surface area contributed by atoms with E-state index in [2.05, 4.69) is 50.8 Å². The Kier molecular flexibility index (Phi) is 6.20. The van der Waals surface area contributed by atoms with Crippen molar-refractivity contribution in [2.45, 2.75) is 53.0 Å². The molecule has 0 spiro atoms. The van der Waals surface area contributed by atoms with Crippen molar-refractivity contribution in [2.75, 3.05) is 18.0 Å². The Morgan fingerprint density at radius 3 is 2.56 bits per heavy atom. The highest BCUT2D eigenvalue weighted by Gasteiger charge is 2.11. The van der Waals surface area contributed by atoms with E-state index >= 15 is 0 Å². The van der Waals surface area contributed by atoms with Crippen LogP contribution in [-0.4, -0.2) is 19.1 Å². The van der Waals surface area contributed by atoms with E-state index in [1.54, 1.807) is 0 Å². The molecule has 1 aromatic rings. The molecule has 0 bridgehead atoms. The maximum Gasteiger partial charge on any atom is 0.0399 e. The van der Waals surface area contributed by atoms with Crippen LogP contribution in [-0.2, 0) is 6.42 Å². The van der Waals surface area contributed by atoms with Gasteiger partial charge in [-0.25, -0.2) is 0 Å². The summed E-state index contributed by atoms with van der Waals surface area (Å²) in [7, 11) is 0. The number of rotatable bonds is 7. The zero-order valence-electron chi connectivity index (χ0n) is 12.4. The van der Waals surface area contributed by atoms with E-state index in [1.807, 2.05) is 0 Å². The van der Waals surface area contributed by atoms with Gasteiger partial charge in [-0.05, 0) is 45.2 Å². The van der Waals surface area contributed by atoms with Gasteiger partial charge in [0.1, 0.15) is 0 Å². The van der Waals surface area contributed by atoms with Gasteiger partial charge in [0.15, 0.2) is 0 Å². The standard InChI is InChI=1S/C16H28N2/c1-5-7-10-18(6-2)16-9-8-13(3)11-15(16)12-14(4)17/h8-9,11,14H,5-7,10,12,17H2,1-4H3. The molecule has 2 nitrogen and oxygen atoms in total. The third-order valence-electron chi connectivity index (χ3n) is 3.28. The van der Waals surface area contributed by atoms with E-state index in [-0.39, 0.29) is 6.04 Å². The number of nitrogens with two attached hydrogens (primary N) is 1. The van der Waals surface area contributed by atoms with Crippen molar-refractivity contribution in [3.63, 3.8) is 0 Å². The fourth-order valence-electron chi connectivity index (χ4n) is 2.33. The Hall–Kier alpha value is -1.02. The SMILES string of the molecule is CCCCN(CC)c1ccc(C)cc1CC(C)N. The summed E-state index contributed by atoms with van der Waals surface area (Å²) >= 11 is 0. The molecule has 1 unspecified atom stereocenters. The first-order chi connectivity index (χ1) is 8.58. The lowest BCUT2D eigenvalue weighted by molar-refractivity contribution is 0.710. The van der Waals surface area contributed by atoms with Gasteiger partial charge in [-0.15, -0.1) is 0 Å². The quantitative estimate of drug-likeness (QED) is 0.800. The first kappa shape index (κ1) is 15.0. The van der Waals surface area contributed by atoms with E-state index in [9.17, 15) is 0 Å². The zero-order valence-corrected chi connectivity index (χ0v) is 12.4. The molecule has 0 saturated heterocycles. The maximum absolute atomic E-state index is 5.97. The molecule has 0 aliphatic carbocycles. The van der Waals surface area contributed by atoms with Gasteiger partial charge in [-0.1, -0.05) is 31.0 Å². The van der Waals surface area contributed by atoms with Crippen LogP contribution < -0.4 is 10.6 Å². The number of anilines is 1. The minimum atomic E-state index is 0.218. The molecular formula is C16H28N2. The van der Waals surface area contributed by atoms with Crippen molar-refractivity contribution in [3.8, 4) is 0 Å². The largest absolute Gasteiger partial charge is 0.372 e. The predicted molar refractivity (Wildman–Crippen MR) is 81.3 cm³/mol. The van der Waals surface area contributed by atoms with Gasteiger partial charge in [0, 0.05) is 24.8 Å². The summed E-state index contributed by atoms with van der Waals surface area (Å²) in [5.41, 5.74) is 10.0. The summed E-state index contributed by atoms with van der Waals surface area (Å²) in [6.45, 7) is 10.9. The predicted octanol–water partition coefficient (Wildman–Crippen LogP) is 3.51. The Balaban J connectivity index is 2.96. The van der Waals surface area contributed by atoms with Crippen LogP contribution in [0.1, 0.15) is 44.7 Å². The highest BCUT2D eigenvalue weighted by molar-refractivity contribution is 5.55. The first-order valence-electron chi connectivity index (χ1n) is 7.18. The Bertz CT molecular complexity index is 358. The van der Waals surface area contributed by atoms with Gasteiger partial charge < -0.3 is 10.6 Å². The highest BCUT2D eigenvalue weighted by Crippen LogP contribution is 2.23. The van der Waals surface area contributed by atoms with Crippen molar-refractivity contribution in [1.82, 2.24) is 0 Å². The normalized spacial score (nSPS) is 12.5. The third kappa shape index (κ3) is 4.34. The summed E-state index contributed by atoms with van der Waals surface area (Å²) in [6, 6.07) is 6.96. The second kappa shape index (κ2) is 7.42. The minimum Gasteiger partial charge on any atom is -0.372 e. The molecular weight excluding hydrogens is 220 g/mol. The monoisotopic (exact) mass is 248 g/mol. The average Bonchev–Trinajstić information content (AvgIpc) is 2.31. The van der Waals surface area contributed by atoms with Gasteiger partial charge in [0.05, 0.1) is 0 Å². The molecule has 0 radical (unpaired) electrons. The molecule has 0 amide bonds. The number of unbranched alkanes of at least 4 members (excludes halogenated alkanes) is 1. The minimum absolute atomic E-state index is 0.218. The van der Waals surface area contributed by atoms with Gasteiger partial charge in [0.2, 0.25) is 0 Å². The lowest BCUT2D eigenvalue weighted by atomic mass is 10.0. The van der Waals surface area contributed by atoms with Gasteiger partial charge in [-0.2, -0.15) is 0 Å². The molecule has 0 aromatic heterocycles. The van der Waals surface area contributed by atoms with Crippen LogP contribution >= 0.6 is 0 Å². The Morgan fingerprint density at radius 2 is 2.00 bits per heavy atom. The number of hydrogen-bond donors (Lipinski definition) is 1. The van der Waals surface area contributed by atoms with Crippen molar-refractivity contribution in [2.24, 2.45) is 5.73 Å². The van der Waals surface area contributed by atoms with Crippen molar-refractivity contribution >= 4 is 5.69 Å². The number of nitrogens with zero attached hydrogens (tertiary/aromatic N) is 1. The smallest absolute Gasteiger partial charge is 0.0399 e. The lowest BCUT2D eigenvalue weighted by Gasteiger charge is -2.26. The van der Waals surface area contributed by atoms with E-state index in [0.717, 1.165) is 19.5 Å². The van der Waals surface area contributed by atoms with Crippen LogP contribution in [0.15, 0.2) is 18.2 Å². The zero-order chi connectivity index (χ0) is 13.5. The summed E-state index contributed by atoms with van der Waals surface area (Å²) in [5, 5.41) is 0. The third-order valence-corrected chi connectivity index (χ3v) is 3.28. The maximum atomic E-state index is 5.97. The van der Waals surface area contributed by atoms with E-state index in [0.29, 0.717) is 0 Å². The molecule has 18 heavy (non-hydrogen) atoms. The van der Waals surface area contributed by atoms with Gasteiger partial charge >= 0.3 is 0 Å². The summed E-state index contributed by atoms with van der Waals surface area (Å²) in [4.78, 5) is 2.47. The fourth-order valence-corrected chi connectivity index (χ4v) is 2.33. The molecule has 1 rings (SSSR count). The second-order valence-corrected chi connectivity index (χ2v) is 5.25. The average molecular weight is 248 g/mol. The van der Waals surface area contributed by atoms with Crippen molar-refractivity contribution in [1.29, 1.82) is 0 Å². The lowest BCUT2D eigenvalue weighted by Crippen LogP contribution is -2.26. The molecule has 0 heterocycles. The summed E-state index contributed by atoms with van der Waals surface area (Å²) in [6.07, 6.45) is 3.45. The number of hydrogen-bond acceptors (Lipinski definition) is 2. The van der Waals surface area contributed by atoms with Gasteiger partial charge in [0.25, 0.3) is 0 Å². The fraction of sp³-hybridized carbons (Fsp3) is 0.625. The van der Waals surface area contributed by atoms with E-state index in [4.69, 9.17) is 5.73 Å². The number of aryl methyl sites for hydroxylation is 1. The van der Waals surface area contributed by atoms with Crippen LogP contribution in [0.25, 0.3) is 0 Å². The van der Waals surface area contributed by atoms with E-state index < -0.39 is 0 Å². The van der Waals surface area contributed by atoms with Crippen molar-refractivity contribution < 1.29 is 0 Å². The molecule has 0 fully saturated rings. The molecule has 0 aliphatic rings. The highest BCUT2D eigenvalue weighted by atomic mass is 15.1. The summed E-state index contributed by atoms with van der Waals surface area (Å²) in [5.74, 6) is 0. The van der Waals surface area contributed by atoms with Crippen LogP contribution in [0.3, 0.4) is 0 Å². The molecule has 102 valence electrons. The van der Waals surface area contributed by atoms with Crippen molar-refractivity contribution in [3.05, 3.63) is 29.3 Å². The number of benzene rings is 1. The molecule has 1 aromatic carbocycles. The van der Waals surface area contributed by atoms with Crippen LogP contribution in [0.2, 0.25) is 0 Å². The molecule has 1 atom stereocenters. The summed E-state index contributed by atoms with van der Waals surface area (Å²) < 4.78 is 0. The van der Waals surface area contributed by atoms with E-state index in [1.165, 1.54) is 29.7 Å². The van der Waals surface area contributed by atoms with Crippen LogP contribution in [0, 0.1) is 6.92 Å². The molecule has 0 saturated carbocycles. The Morgan fingerprint density at radius 1 is 1.28 bits per heavy atom. The molecule has 2 heteroatoms. The second-order valence-electron chi connectivity index (χ2n) is 5.25.